The molecule has 1 atom stereocenters. The van der Waals surface area contributed by atoms with E-state index in [4.69, 9.17) is 5.26 Å². The molecule has 8 heteroatoms. The van der Waals surface area contributed by atoms with Crippen molar-refractivity contribution in [3.8, 4) is 6.07 Å². The summed E-state index contributed by atoms with van der Waals surface area (Å²) >= 11 is 0. The molecule has 1 heterocycles. The first-order valence-corrected chi connectivity index (χ1v) is 9.64. The molecule has 1 saturated heterocycles. The fourth-order valence-electron chi connectivity index (χ4n) is 2.14. The molecule has 0 spiro atoms. The van der Waals surface area contributed by atoms with Gasteiger partial charge in [0.25, 0.3) is 0 Å². The van der Waals surface area contributed by atoms with Crippen LogP contribution in [0.5, 0.6) is 0 Å². The van der Waals surface area contributed by atoms with Gasteiger partial charge in [0.1, 0.15) is 9.84 Å². The fraction of sp³-hybridized carbons (Fsp3) is 0.909. The Morgan fingerprint density at radius 3 is 2.32 bits per heavy atom. The van der Waals surface area contributed by atoms with Gasteiger partial charge in [0, 0.05) is 13.1 Å². The number of hydrogen-bond donors (Lipinski definition) is 0. The smallest absolute Gasteiger partial charge is 0.217 e. The van der Waals surface area contributed by atoms with Gasteiger partial charge in [-0.3, -0.25) is 0 Å². The van der Waals surface area contributed by atoms with Crippen LogP contribution >= 0.6 is 0 Å². The van der Waals surface area contributed by atoms with Crippen molar-refractivity contribution < 1.29 is 16.8 Å². The average Bonchev–Trinajstić information content (AvgIpc) is 2.34. The van der Waals surface area contributed by atoms with Crippen LogP contribution < -0.4 is 0 Å². The molecule has 0 aromatic rings. The topological polar surface area (TPSA) is 95.3 Å². The van der Waals surface area contributed by atoms with Crippen molar-refractivity contribution in [1.82, 2.24) is 4.31 Å². The lowest BCUT2D eigenvalue weighted by Crippen LogP contribution is -2.44. The standard InChI is InChI=1S/C11H20N2O4S2/c1-3-13(9-10(2)8-12)19(16,17)11-4-6-18(14,15)7-5-11/h10-11H,3-7,9H2,1-2H3. The number of rotatable bonds is 5. The molecule has 0 saturated carbocycles. The van der Waals surface area contributed by atoms with Crippen LogP contribution in [-0.4, -0.2) is 51.0 Å². The maximum absolute atomic E-state index is 12.4. The Labute approximate surface area is 115 Å². The molecular formula is C11H20N2O4S2. The van der Waals surface area contributed by atoms with Gasteiger partial charge in [0.15, 0.2) is 0 Å². The second-order valence-corrected chi connectivity index (χ2v) is 9.39. The molecule has 19 heavy (non-hydrogen) atoms. The summed E-state index contributed by atoms with van der Waals surface area (Å²) in [6, 6.07) is 2.02. The first-order chi connectivity index (χ1) is 8.73. The molecule has 1 aliphatic rings. The minimum absolute atomic E-state index is 0.0672. The Morgan fingerprint density at radius 1 is 1.37 bits per heavy atom. The third kappa shape index (κ3) is 4.16. The highest BCUT2D eigenvalue weighted by atomic mass is 32.2. The molecule has 0 aromatic heterocycles. The zero-order valence-corrected chi connectivity index (χ0v) is 12.9. The highest BCUT2D eigenvalue weighted by Crippen LogP contribution is 2.23. The van der Waals surface area contributed by atoms with Crippen LogP contribution in [0.1, 0.15) is 26.7 Å². The molecule has 0 amide bonds. The summed E-state index contributed by atoms with van der Waals surface area (Å²) in [7, 11) is -6.58. The Kier molecular flexibility index (Phi) is 5.35. The summed E-state index contributed by atoms with van der Waals surface area (Å²) in [5, 5.41) is 8.14. The number of nitrogens with zero attached hydrogens (tertiary/aromatic N) is 2. The summed E-state index contributed by atoms with van der Waals surface area (Å²) in [4.78, 5) is 0. The predicted molar refractivity (Wildman–Crippen MR) is 72.6 cm³/mol. The highest BCUT2D eigenvalue weighted by molar-refractivity contribution is 7.92. The van der Waals surface area contributed by atoms with E-state index in [-0.39, 0.29) is 36.8 Å². The fourth-order valence-corrected chi connectivity index (χ4v) is 5.97. The number of hydrogen-bond acceptors (Lipinski definition) is 5. The molecule has 0 aromatic carbocycles. The molecule has 1 unspecified atom stereocenters. The van der Waals surface area contributed by atoms with Gasteiger partial charge >= 0.3 is 0 Å². The summed E-state index contributed by atoms with van der Waals surface area (Å²) in [6.07, 6.45) is 0.310. The molecule has 1 aliphatic heterocycles. The summed E-state index contributed by atoms with van der Waals surface area (Å²) < 4.78 is 48.8. The van der Waals surface area contributed by atoms with Gasteiger partial charge in [0.2, 0.25) is 10.0 Å². The van der Waals surface area contributed by atoms with Crippen molar-refractivity contribution in [1.29, 1.82) is 5.26 Å². The number of sulfone groups is 1. The maximum atomic E-state index is 12.4. The predicted octanol–water partition coefficient (Wildman–Crippen LogP) is 0.375. The van der Waals surface area contributed by atoms with Gasteiger partial charge in [-0.1, -0.05) is 6.92 Å². The quantitative estimate of drug-likeness (QED) is 0.731. The lowest BCUT2D eigenvalue weighted by atomic mass is 10.2. The van der Waals surface area contributed by atoms with Crippen molar-refractivity contribution >= 4 is 19.9 Å². The SMILES string of the molecule is CCN(CC(C)C#N)S(=O)(=O)C1CCS(=O)(=O)CC1. The van der Waals surface area contributed by atoms with E-state index < -0.39 is 25.1 Å². The van der Waals surface area contributed by atoms with Crippen LogP contribution in [0.15, 0.2) is 0 Å². The van der Waals surface area contributed by atoms with Gasteiger partial charge in [-0.15, -0.1) is 0 Å². The largest absolute Gasteiger partial charge is 0.229 e. The number of sulfonamides is 1. The van der Waals surface area contributed by atoms with Crippen molar-refractivity contribution in [2.75, 3.05) is 24.6 Å². The van der Waals surface area contributed by atoms with Gasteiger partial charge in [-0.2, -0.15) is 5.26 Å². The first kappa shape index (κ1) is 16.4. The van der Waals surface area contributed by atoms with Crippen molar-refractivity contribution in [2.24, 2.45) is 5.92 Å². The molecule has 0 N–H and O–H groups in total. The van der Waals surface area contributed by atoms with E-state index in [2.05, 4.69) is 0 Å². The van der Waals surface area contributed by atoms with Crippen LogP contribution in [-0.2, 0) is 19.9 Å². The normalized spacial score (nSPS) is 22.0. The molecule has 0 bridgehead atoms. The van der Waals surface area contributed by atoms with Gasteiger partial charge in [-0.25, -0.2) is 21.1 Å². The van der Waals surface area contributed by atoms with Crippen LogP contribution in [0.3, 0.4) is 0 Å². The van der Waals surface area contributed by atoms with E-state index in [1.165, 1.54) is 4.31 Å². The molecule has 6 nitrogen and oxygen atoms in total. The monoisotopic (exact) mass is 308 g/mol. The Bertz CT molecular complexity index is 534. The second kappa shape index (κ2) is 6.20. The van der Waals surface area contributed by atoms with Gasteiger partial charge < -0.3 is 0 Å². The minimum atomic E-state index is -3.51. The maximum Gasteiger partial charge on any atom is 0.217 e. The number of nitriles is 1. The van der Waals surface area contributed by atoms with Crippen LogP contribution in [0.25, 0.3) is 0 Å². The lowest BCUT2D eigenvalue weighted by Gasteiger charge is -2.29. The summed E-state index contributed by atoms with van der Waals surface area (Å²) in [6.45, 7) is 3.86. The van der Waals surface area contributed by atoms with Crippen molar-refractivity contribution in [3.63, 3.8) is 0 Å². The third-order valence-corrected chi connectivity index (χ3v) is 7.49. The highest BCUT2D eigenvalue weighted by Gasteiger charge is 2.36. The average molecular weight is 308 g/mol. The zero-order chi connectivity index (χ0) is 14.7. The van der Waals surface area contributed by atoms with E-state index in [0.717, 1.165) is 0 Å². The van der Waals surface area contributed by atoms with E-state index in [1.54, 1.807) is 13.8 Å². The summed E-state index contributed by atoms with van der Waals surface area (Å²) in [5.74, 6) is -0.508. The van der Waals surface area contributed by atoms with Gasteiger partial charge in [-0.05, 0) is 19.8 Å². The van der Waals surface area contributed by atoms with Crippen LogP contribution in [0, 0.1) is 17.2 Å². The third-order valence-electron chi connectivity index (χ3n) is 3.33. The van der Waals surface area contributed by atoms with E-state index in [1.807, 2.05) is 6.07 Å². The molecule has 0 radical (unpaired) electrons. The van der Waals surface area contributed by atoms with Crippen LogP contribution in [0.2, 0.25) is 0 Å². The van der Waals surface area contributed by atoms with Crippen molar-refractivity contribution in [2.45, 2.75) is 31.9 Å². The van der Waals surface area contributed by atoms with E-state index in [0.29, 0.717) is 6.54 Å². The molecular weight excluding hydrogens is 288 g/mol. The Hall–Kier alpha value is -0.650. The van der Waals surface area contributed by atoms with E-state index in [9.17, 15) is 16.8 Å². The lowest BCUT2D eigenvalue weighted by molar-refractivity contribution is 0.390. The second-order valence-electron chi connectivity index (χ2n) is 4.88. The van der Waals surface area contributed by atoms with Crippen LogP contribution in [0.4, 0.5) is 0 Å². The molecule has 0 aliphatic carbocycles. The zero-order valence-electron chi connectivity index (χ0n) is 11.2. The van der Waals surface area contributed by atoms with E-state index >= 15 is 0 Å². The van der Waals surface area contributed by atoms with Crippen molar-refractivity contribution in [3.05, 3.63) is 0 Å². The first-order valence-electron chi connectivity index (χ1n) is 6.32. The summed E-state index contributed by atoms with van der Waals surface area (Å²) in [5.41, 5.74) is 0. The molecule has 1 fully saturated rings. The molecule has 110 valence electrons. The Morgan fingerprint density at radius 2 is 1.89 bits per heavy atom. The Balaban J connectivity index is 2.82. The molecule has 1 rings (SSSR count). The minimum Gasteiger partial charge on any atom is -0.229 e. The van der Waals surface area contributed by atoms with Gasteiger partial charge in [0.05, 0.1) is 28.7 Å².